The van der Waals surface area contributed by atoms with Crippen molar-refractivity contribution in [1.29, 1.82) is 0 Å². The zero-order valence-corrected chi connectivity index (χ0v) is 55.5. The van der Waals surface area contributed by atoms with E-state index in [2.05, 4.69) is 26.3 Å². The highest BCUT2D eigenvalue weighted by Crippen LogP contribution is 2.20. The largest absolute Gasteiger partial charge is 0.734 e. The maximum Gasteiger partial charge on any atom is 0.734 e. The van der Waals surface area contributed by atoms with Crippen molar-refractivity contribution in [2.75, 3.05) is 117 Å². The van der Waals surface area contributed by atoms with Crippen LogP contribution in [0.15, 0.2) is 49.0 Å². The van der Waals surface area contributed by atoms with Gasteiger partial charge in [-0.3, -0.25) is 14.4 Å². The van der Waals surface area contributed by atoms with Crippen LogP contribution >= 0.6 is 33.2 Å². The average Bonchev–Trinajstić information content (AvgIpc) is 4.21. The lowest BCUT2D eigenvalue weighted by Crippen LogP contribution is -2.47. The molecule has 1 fully saturated rings. The molecule has 1 atom stereocenters. The Morgan fingerprint density at radius 1 is 0.560 bits per heavy atom. The predicted octanol–water partition coefficient (Wildman–Crippen LogP) is 6.72. The molecule has 23 nitrogen and oxygen atoms in total. The lowest BCUT2D eigenvalue weighted by atomic mass is 10.4. The van der Waals surface area contributed by atoms with Gasteiger partial charge in [-0.1, -0.05) is 25.4 Å². The molecule has 1 heterocycles. The Morgan fingerprint density at radius 3 is 1.09 bits per heavy atom. The smallest absolute Gasteiger partial charge is 0.462 e. The highest BCUT2D eigenvalue weighted by atomic mass is 35.8. The quantitative estimate of drug-likeness (QED) is 0.0172. The van der Waals surface area contributed by atoms with E-state index in [0.29, 0.717) is 70.3 Å². The van der Waals surface area contributed by atoms with Gasteiger partial charge in [0.15, 0.2) is 0 Å². The normalized spacial score (nSPS) is 13.0. The average molecular weight is 1250 g/mol. The van der Waals surface area contributed by atoms with Crippen molar-refractivity contribution >= 4 is 107 Å². The van der Waals surface area contributed by atoms with Crippen LogP contribution in [0.1, 0.15) is 67.7 Å². The van der Waals surface area contributed by atoms with Crippen LogP contribution < -0.4 is 5.73 Å². The molecule has 75 heavy (non-hydrogen) atoms. The van der Waals surface area contributed by atoms with Gasteiger partial charge in [-0.05, 0) is 59.2 Å². The fraction of sp³-hybridized carbons (Fsp3) is 0.721. The summed E-state index contributed by atoms with van der Waals surface area (Å²) in [4.78, 5) is 43.4. The fourth-order valence-electron chi connectivity index (χ4n) is 5.03. The fourth-order valence-corrected chi connectivity index (χ4v) is 13.5. The molecule has 1 aliphatic heterocycles. The van der Waals surface area contributed by atoms with E-state index in [9.17, 15) is 19.2 Å². The van der Waals surface area contributed by atoms with Crippen LogP contribution in [0, 0.1) is 0 Å². The van der Waals surface area contributed by atoms with Gasteiger partial charge in [-0.2, -0.15) is 0 Å². The number of hydrogen-bond acceptors (Lipinski definition) is 23. The second kappa shape index (κ2) is 48.3. The number of carbonyl (C=O) groups excluding carboxylic acids is 4. The Balaban J connectivity index is -0.000000266. The summed E-state index contributed by atoms with van der Waals surface area (Å²) in [5.74, 6) is -2.53. The number of ether oxygens (including phenoxy) is 3. The molecule has 0 bridgehead atoms. The van der Waals surface area contributed by atoms with Crippen molar-refractivity contribution in [3.8, 4) is 0 Å². The molecule has 0 amide bonds. The van der Waals surface area contributed by atoms with Crippen molar-refractivity contribution < 1.29 is 99.8 Å². The topological polar surface area (TPSA) is 264 Å². The van der Waals surface area contributed by atoms with Gasteiger partial charge in [0.05, 0.1) is 19.8 Å². The first-order valence-electron chi connectivity index (χ1n) is 23.3. The second-order valence-corrected chi connectivity index (χ2v) is 37.0. The Hall–Kier alpha value is -1.59. The SMILES string of the molecule is C=C(C)C(=O)OCCC[Si](OC)(OC)OC.C=C[Si](Cl)(Cl)Cl.C=C[Si](OC(C)=O)(OC(C)=O)OC(C)=O.C=C[Si](OCC)(OCC)OCC.CO[Si](CCCN)(OC)OC.CO[Si](CCCOCC1CO1)(OC)OC. The van der Waals surface area contributed by atoms with Crippen LogP contribution in [0.5, 0.6) is 0 Å². The summed E-state index contributed by atoms with van der Waals surface area (Å²) < 4.78 is 92.9. The molecule has 0 saturated carbocycles. The van der Waals surface area contributed by atoms with Crippen molar-refractivity contribution in [1.82, 2.24) is 0 Å². The van der Waals surface area contributed by atoms with Gasteiger partial charge in [0.2, 0.25) is 0 Å². The minimum absolute atomic E-state index is 0.316. The van der Waals surface area contributed by atoms with E-state index < -0.39 is 67.9 Å². The summed E-state index contributed by atoms with van der Waals surface area (Å²) >= 11 is 15.8. The highest BCUT2D eigenvalue weighted by Gasteiger charge is 2.49. The van der Waals surface area contributed by atoms with E-state index in [1.54, 1.807) is 76.6 Å². The molecule has 32 heteroatoms. The van der Waals surface area contributed by atoms with Gasteiger partial charge in [0.1, 0.15) is 6.10 Å². The van der Waals surface area contributed by atoms with Crippen LogP contribution in [0.25, 0.3) is 0 Å². The van der Waals surface area contributed by atoms with Crippen LogP contribution in [-0.4, -0.2) is 197 Å². The van der Waals surface area contributed by atoms with Gasteiger partial charge in [0, 0.05) is 141 Å². The maximum absolute atomic E-state index is 11.1. The molecule has 444 valence electrons. The van der Waals surface area contributed by atoms with Gasteiger partial charge in [-0.15, -0.1) is 39.8 Å². The number of epoxide rings is 1. The molecule has 0 spiro atoms. The number of rotatable bonds is 35. The van der Waals surface area contributed by atoms with Gasteiger partial charge in [-0.25, -0.2) is 4.79 Å². The lowest BCUT2D eigenvalue weighted by Gasteiger charge is -2.24. The standard InChI is InChI=1S/C10H20O5Si.C9H20O5Si.C8H12O6Si.C8H18O3Si.C6H17NO3Si.C2H3Cl3Si/c1-9(2)10(11)15-7-6-8-16(12-3,13-4)14-5;1-10-15(11-2,12-3)6-4-5-13-7-9-8-14-9;1-5-15(12-6(2)9,13-7(3)10)14-8(4)11;1-5-9-12(8-4,10-6-2)11-7-3;1-8-11(9-2,10-3)6-4-5-7;1-2-6(3,4)5/h1,6-8H2,2-5H3;9H,4-8H2,1-3H3;5H,1H2,2-4H3;8H,4-7H2,1-3H3;4-7H2,1-3H3;2H,1H2. The Labute approximate surface area is 468 Å². The van der Waals surface area contributed by atoms with E-state index in [4.69, 9.17) is 120 Å². The molecule has 0 aromatic heterocycles. The number of hydrogen-bond donors (Lipinski definition) is 1. The number of carbonyl (C=O) groups is 4. The summed E-state index contributed by atoms with van der Waals surface area (Å²) in [6, 6.07) is -0.275. The van der Waals surface area contributed by atoms with Crippen LogP contribution in [0.3, 0.4) is 0 Å². The minimum atomic E-state index is -3.74. The molecule has 1 unspecified atom stereocenters. The summed E-state index contributed by atoms with van der Waals surface area (Å²) in [5, 5.41) is 0. The third-order valence-electron chi connectivity index (χ3n) is 8.80. The van der Waals surface area contributed by atoms with Crippen LogP contribution in [-0.2, 0) is 99.8 Å². The number of esters is 1. The first-order valence-corrected chi connectivity index (χ1v) is 37.8. The van der Waals surface area contributed by atoms with E-state index in [1.165, 1.54) is 5.70 Å². The Morgan fingerprint density at radius 2 is 0.867 bits per heavy atom. The van der Waals surface area contributed by atoms with Gasteiger partial charge < -0.3 is 86.3 Å². The summed E-state index contributed by atoms with van der Waals surface area (Å²) in [6.45, 7) is 29.5. The van der Waals surface area contributed by atoms with Crippen LogP contribution in [0.2, 0.25) is 18.1 Å². The summed E-state index contributed by atoms with van der Waals surface area (Å²) in [7, 11) is 0.866. The zero-order valence-electron chi connectivity index (χ0n) is 47.2. The third kappa shape index (κ3) is 43.9. The minimum Gasteiger partial charge on any atom is -0.462 e. The number of halogens is 3. The molecular formula is C43H90Cl3NO22Si6. The van der Waals surface area contributed by atoms with Crippen molar-refractivity contribution in [2.24, 2.45) is 5.73 Å². The lowest BCUT2D eigenvalue weighted by molar-refractivity contribution is -0.147. The molecule has 1 aliphatic rings. The van der Waals surface area contributed by atoms with E-state index in [0.717, 1.165) is 58.0 Å². The van der Waals surface area contributed by atoms with Crippen molar-refractivity contribution in [3.63, 3.8) is 0 Å². The Bertz CT molecular complexity index is 1460. The summed E-state index contributed by atoms with van der Waals surface area (Å²) in [6.07, 6.45) is 2.73. The molecule has 0 aromatic carbocycles. The number of nitrogens with two attached hydrogens (primary N) is 1. The molecule has 0 radical (unpaired) electrons. The highest BCUT2D eigenvalue weighted by molar-refractivity contribution is 7.66. The predicted molar refractivity (Wildman–Crippen MR) is 300 cm³/mol. The molecule has 0 aromatic rings. The second-order valence-electron chi connectivity index (χ2n) is 14.4. The van der Waals surface area contributed by atoms with E-state index >= 15 is 0 Å². The zero-order chi connectivity index (χ0) is 59.2. The maximum atomic E-state index is 11.1. The van der Waals surface area contributed by atoms with Gasteiger partial charge in [0.25, 0.3) is 17.9 Å². The van der Waals surface area contributed by atoms with Crippen LogP contribution in [0.4, 0.5) is 0 Å². The van der Waals surface area contributed by atoms with Gasteiger partial charge >= 0.3 is 56.0 Å². The van der Waals surface area contributed by atoms with Crippen molar-refractivity contribution in [3.05, 3.63) is 49.0 Å². The van der Waals surface area contributed by atoms with Crippen molar-refractivity contribution in [2.45, 2.75) is 92.0 Å². The molecular weight excluding hydrogens is 1160 g/mol. The Kier molecular flexibility index (Phi) is 53.0. The monoisotopic (exact) mass is 1250 g/mol. The third-order valence-corrected chi connectivity index (χ3v) is 23.9. The molecule has 1 saturated heterocycles. The molecule has 0 aliphatic carbocycles. The molecule has 1 rings (SSSR count). The van der Waals surface area contributed by atoms with E-state index in [-0.39, 0.29) is 5.97 Å². The molecule has 2 N–H and O–H groups in total. The summed E-state index contributed by atoms with van der Waals surface area (Å²) in [5.41, 5.74) is 9.83. The first-order chi connectivity index (χ1) is 35.1. The van der Waals surface area contributed by atoms with E-state index in [1.807, 2.05) is 20.8 Å². The first kappa shape index (κ1) is 82.2.